The summed E-state index contributed by atoms with van der Waals surface area (Å²) in [4.78, 5) is 0. The van der Waals surface area contributed by atoms with Crippen LogP contribution in [-0.2, 0) is 0 Å². The molecule has 2 rings (SSSR count). The van der Waals surface area contributed by atoms with Gasteiger partial charge in [0.15, 0.2) is 0 Å². The van der Waals surface area contributed by atoms with Gasteiger partial charge in [-0.25, -0.2) is 0 Å². The summed E-state index contributed by atoms with van der Waals surface area (Å²) in [5, 5.41) is 4.31. The van der Waals surface area contributed by atoms with Gasteiger partial charge in [0.1, 0.15) is 0 Å². The molecule has 3 heteroatoms. The lowest BCUT2D eigenvalue weighted by Crippen LogP contribution is -2.23. The number of nitrogens with one attached hydrogen (secondary N) is 1. The average molecular weight is 353 g/mol. The molecule has 20 heavy (non-hydrogen) atoms. The Kier molecular flexibility index (Phi) is 5.25. The van der Waals surface area contributed by atoms with Gasteiger partial charge in [0.25, 0.3) is 0 Å². The summed E-state index contributed by atoms with van der Waals surface area (Å²) in [5.74, 6) is 0. The molecule has 2 aromatic carbocycles. The third-order valence-electron chi connectivity index (χ3n) is 3.64. The molecule has 2 aromatic rings. The second-order valence-corrected chi connectivity index (χ2v) is 6.21. The molecule has 0 aliphatic rings. The molecule has 1 unspecified atom stereocenters. The molecule has 0 spiro atoms. The summed E-state index contributed by atoms with van der Waals surface area (Å²) in [6.07, 6.45) is 0. The predicted octanol–water partition coefficient (Wildman–Crippen LogP) is 5.42. The lowest BCUT2D eigenvalue weighted by molar-refractivity contribution is 0.627. The highest BCUT2D eigenvalue weighted by atomic mass is 79.9. The van der Waals surface area contributed by atoms with Crippen molar-refractivity contribution in [3.63, 3.8) is 0 Å². The Labute approximate surface area is 134 Å². The lowest BCUT2D eigenvalue weighted by atomic mass is 9.92. The molecule has 0 heterocycles. The molecule has 0 aromatic heterocycles. The quantitative estimate of drug-likeness (QED) is 0.775. The zero-order valence-electron chi connectivity index (χ0n) is 12.0. The second kappa shape index (κ2) is 6.75. The van der Waals surface area contributed by atoms with Crippen molar-refractivity contribution in [3.8, 4) is 0 Å². The molecular weight excluding hydrogens is 334 g/mol. The average Bonchev–Trinajstić information content (AvgIpc) is 2.43. The number of aryl methyl sites for hydroxylation is 1. The van der Waals surface area contributed by atoms with E-state index in [1.165, 1.54) is 22.3 Å². The van der Waals surface area contributed by atoms with E-state index < -0.39 is 0 Å². The van der Waals surface area contributed by atoms with Crippen LogP contribution < -0.4 is 5.32 Å². The van der Waals surface area contributed by atoms with Crippen LogP contribution in [0.5, 0.6) is 0 Å². The molecule has 1 atom stereocenters. The minimum Gasteiger partial charge on any atom is -0.307 e. The number of halogens is 2. The van der Waals surface area contributed by atoms with Crippen LogP contribution in [0.2, 0.25) is 5.02 Å². The number of rotatable bonds is 4. The highest BCUT2D eigenvalue weighted by molar-refractivity contribution is 9.10. The van der Waals surface area contributed by atoms with Crippen molar-refractivity contribution >= 4 is 27.5 Å². The first-order valence-corrected chi connectivity index (χ1v) is 7.96. The van der Waals surface area contributed by atoms with Gasteiger partial charge in [0.2, 0.25) is 0 Å². The Morgan fingerprint density at radius 2 is 1.95 bits per heavy atom. The van der Waals surface area contributed by atoms with Gasteiger partial charge in [-0.3, -0.25) is 0 Å². The van der Waals surface area contributed by atoms with Crippen molar-refractivity contribution in [1.29, 1.82) is 0 Å². The summed E-state index contributed by atoms with van der Waals surface area (Å²) >= 11 is 9.61. The fourth-order valence-electron chi connectivity index (χ4n) is 2.39. The van der Waals surface area contributed by atoms with Gasteiger partial charge in [0.05, 0.1) is 11.1 Å². The van der Waals surface area contributed by atoms with E-state index in [0.717, 1.165) is 16.0 Å². The molecule has 0 bridgehead atoms. The minimum absolute atomic E-state index is 0.188. The largest absolute Gasteiger partial charge is 0.307 e. The van der Waals surface area contributed by atoms with Crippen LogP contribution in [0.3, 0.4) is 0 Å². The van der Waals surface area contributed by atoms with E-state index in [-0.39, 0.29) is 6.04 Å². The van der Waals surface area contributed by atoms with Gasteiger partial charge < -0.3 is 5.32 Å². The fraction of sp³-hybridized carbons (Fsp3) is 0.294. The highest BCUT2D eigenvalue weighted by Crippen LogP contribution is 2.31. The molecule has 0 fully saturated rings. The van der Waals surface area contributed by atoms with Crippen LogP contribution in [0.15, 0.2) is 40.9 Å². The van der Waals surface area contributed by atoms with Gasteiger partial charge in [-0.15, -0.1) is 0 Å². The van der Waals surface area contributed by atoms with Crippen LogP contribution in [-0.4, -0.2) is 6.54 Å². The molecule has 0 saturated carbocycles. The Balaban J connectivity index is 2.50. The van der Waals surface area contributed by atoms with E-state index in [4.69, 9.17) is 11.6 Å². The minimum atomic E-state index is 0.188. The standard InChI is InChI=1S/C17H19BrClN/c1-4-20-17(13-8-9-16(19)15(18)10-13)14-7-5-6-11(2)12(14)3/h5-10,17,20H,4H2,1-3H3. The van der Waals surface area contributed by atoms with E-state index in [0.29, 0.717) is 0 Å². The molecule has 1 nitrogen and oxygen atoms in total. The maximum atomic E-state index is 6.10. The van der Waals surface area contributed by atoms with Crippen molar-refractivity contribution in [2.45, 2.75) is 26.8 Å². The number of hydrogen-bond acceptors (Lipinski definition) is 1. The van der Waals surface area contributed by atoms with E-state index in [9.17, 15) is 0 Å². The maximum absolute atomic E-state index is 6.10. The molecule has 0 amide bonds. The normalized spacial score (nSPS) is 12.4. The van der Waals surface area contributed by atoms with Gasteiger partial charge in [-0.1, -0.05) is 42.8 Å². The summed E-state index contributed by atoms with van der Waals surface area (Å²) in [7, 11) is 0. The molecule has 106 valence electrons. The van der Waals surface area contributed by atoms with Gasteiger partial charge in [0, 0.05) is 4.47 Å². The van der Waals surface area contributed by atoms with Crippen LogP contribution >= 0.6 is 27.5 Å². The molecular formula is C17H19BrClN. The van der Waals surface area contributed by atoms with Crippen LogP contribution in [0, 0.1) is 13.8 Å². The molecule has 0 saturated heterocycles. The first kappa shape index (κ1) is 15.6. The van der Waals surface area contributed by atoms with E-state index in [2.05, 4.69) is 72.3 Å². The molecule has 1 N–H and O–H groups in total. The maximum Gasteiger partial charge on any atom is 0.0579 e. The third kappa shape index (κ3) is 3.25. The van der Waals surface area contributed by atoms with E-state index in [1.54, 1.807) is 0 Å². The summed E-state index contributed by atoms with van der Waals surface area (Å²) in [6.45, 7) is 7.38. The second-order valence-electron chi connectivity index (χ2n) is 4.95. The zero-order valence-corrected chi connectivity index (χ0v) is 14.3. The Bertz CT molecular complexity index is 610. The molecule has 0 aliphatic heterocycles. The SMILES string of the molecule is CCNC(c1ccc(Cl)c(Br)c1)c1cccc(C)c1C. The topological polar surface area (TPSA) is 12.0 Å². The van der Waals surface area contributed by atoms with Gasteiger partial charge in [-0.2, -0.15) is 0 Å². The molecule has 0 radical (unpaired) electrons. The van der Waals surface area contributed by atoms with Gasteiger partial charge >= 0.3 is 0 Å². The Morgan fingerprint density at radius 3 is 2.60 bits per heavy atom. The third-order valence-corrected chi connectivity index (χ3v) is 4.86. The van der Waals surface area contributed by atoms with Crippen LogP contribution in [0.4, 0.5) is 0 Å². The first-order valence-electron chi connectivity index (χ1n) is 6.79. The summed E-state index contributed by atoms with van der Waals surface area (Å²) < 4.78 is 0.935. The summed E-state index contributed by atoms with van der Waals surface area (Å²) in [5.41, 5.74) is 5.20. The first-order chi connectivity index (χ1) is 9.54. The van der Waals surface area contributed by atoms with Crippen LogP contribution in [0.25, 0.3) is 0 Å². The van der Waals surface area contributed by atoms with E-state index in [1.807, 2.05) is 6.07 Å². The number of benzene rings is 2. The van der Waals surface area contributed by atoms with Crippen molar-refractivity contribution in [2.24, 2.45) is 0 Å². The molecule has 0 aliphatic carbocycles. The van der Waals surface area contributed by atoms with Crippen molar-refractivity contribution in [3.05, 3.63) is 68.1 Å². The number of hydrogen-bond donors (Lipinski definition) is 1. The van der Waals surface area contributed by atoms with Crippen molar-refractivity contribution in [1.82, 2.24) is 5.32 Å². The smallest absolute Gasteiger partial charge is 0.0579 e. The fourth-order valence-corrected chi connectivity index (χ4v) is 2.90. The predicted molar refractivity (Wildman–Crippen MR) is 90.6 cm³/mol. The lowest BCUT2D eigenvalue weighted by Gasteiger charge is -2.22. The van der Waals surface area contributed by atoms with Crippen LogP contribution in [0.1, 0.15) is 35.2 Å². The highest BCUT2D eigenvalue weighted by Gasteiger charge is 2.16. The van der Waals surface area contributed by atoms with Crippen molar-refractivity contribution < 1.29 is 0 Å². The Hall–Kier alpha value is -0.830. The van der Waals surface area contributed by atoms with E-state index >= 15 is 0 Å². The summed E-state index contributed by atoms with van der Waals surface area (Å²) in [6, 6.07) is 12.8. The zero-order chi connectivity index (χ0) is 14.7. The van der Waals surface area contributed by atoms with Gasteiger partial charge in [-0.05, 0) is 70.7 Å². The monoisotopic (exact) mass is 351 g/mol. The van der Waals surface area contributed by atoms with Crippen molar-refractivity contribution in [2.75, 3.05) is 6.54 Å². The Morgan fingerprint density at radius 1 is 1.20 bits per heavy atom.